The summed E-state index contributed by atoms with van der Waals surface area (Å²) in [6, 6.07) is 3.67. The van der Waals surface area contributed by atoms with Crippen molar-refractivity contribution >= 4 is 21.4 Å². The molecule has 10 heteroatoms. The molecule has 9 nitrogen and oxygen atoms in total. The second-order valence-corrected chi connectivity index (χ2v) is 8.95. The van der Waals surface area contributed by atoms with E-state index in [1.165, 1.54) is 12.1 Å². The van der Waals surface area contributed by atoms with Gasteiger partial charge in [0, 0.05) is 44.3 Å². The smallest absolute Gasteiger partial charge is 0.293 e. The van der Waals surface area contributed by atoms with E-state index in [-0.39, 0.29) is 16.3 Å². The summed E-state index contributed by atoms with van der Waals surface area (Å²) >= 11 is 0. The highest BCUT2D eigenvalue weighted by Gasteiger charge is 2.25. The van der Waals surface area contributed by atoms with Gasteiger partial charge in [-0.05, 0) is 39.4 Å². The lowest BCUT2D eigenvalue weighted by atomic mass is 9.99. The number of anilines is 1. The van der Waals surface area contributed by atoms with Crippen LogP contribution in [0.1, 0.15) is 20.3 Å². The molecule has 1 aliphatic heterocycles. The Morgan fingerprint density at radius 3 is 2.42 bits per heavy atom. The fourth-order valence-corrected chi connectivity index (χ4v) is 3.41. The van der Waals surface area contributed by atoms with Gasteiger partial charge < -0.3 is 15.1 Å². The van der Waals surface area contributed by atoms with Gasteiger partial charge in [-0.1, -0.05) is 0 Å². The number of nitrogens with one attached hydrogen (secondary N) is 1. The third-order valence-corrected chi connectivity index (χ3v) is 5.53. The molecule has 0 unspecified atom stereocenters. The molecule has 1 aromatic carbocycles. The maximum absolute atomic E-state index is 11.4. The molecule has 0 aliphatic carbocycles. The molecule has 26 heavy (non-hydrogen) atoms. The topological polar surface area (TPSA) is 122 Å². The first-order valence-electron chi connectivity index (χ1n) is 8.48. The summed E-state index contributed by atoms with van der Waals surface area (Å²) in [5.74, 6) is 0. The van der Waals surface area contributed by atoms with Gasteiger partial charge in [0.1, 0.15) is 5.69 Å². The van der Waals surface area contributed by atoms with E-state index >= 15 is 0 Å². The van der Waals surface area contributed by atoms with E-state index < -0.39 is 20.5 Å². The zero-order valence-corrected chi connectivity index (χ0v) is 16.3. The molecular formula is C16H27N5O4S. The molecule has 146 valence electrons. The van der Waals surface area contributed by atoms with Crippen LogP contribution in [0.4, 0.5) is 11.4 Å². The largest absolute Gasteiger partial charge is 0.375 e. The average Bonchev–Trinajstić information content (AvgIpc) is 2.53. The molecule has 3 N–H and O–H groups in total. The second-order valence-electron chi connectivity index (χ2n) is 7.38. The number of sulfonamides is 1. The van der Waals surface area contributed by atoms with E-state index in [2.05, 4.69) is 22.2 Å². The van der Waals surface area contributed by atoms with E-state index in [4.69, 9.17) is 5.14 Å². The molecule has 1 saturated heterocycles. The highest BCUT2D eigenvalue weighted by Crippen LogP contribution is 2.30. The van der Waals surface area contributed by atoms with E-state index in [1.807, 2.05) is 13.8 Å². The summed E-state index contributed by atoms with van der Waals surface area (Å²) in [7, 11) is -1.89. The van der Waals surface area contributed by atoms with Gasteiger partial charge >= 0.3 is 0 Å². The van der Waals surface area contributed by atoms with Gasteiger partial charge in [0.15, 0.2) is 0 Å². The van der Waals surface area contributed by atoms with Gasteiger partial charge in [0.25, 0.3) is 5.69 Å². The highest BCUT2D eigenvalue weighted by atomic mass is 32.2. The number of piperazine rings is 1. The summed E-state index contributed by atoms with van der Waals surface area (Å²) in [5, 5.41) is 19.6. The Balaban J connectivity index is 2.09. The van der Waals surface area contributed by atoms with Crippen molar-refractivity contribution in [2.45, 2.75) is 30.7 Å². The normalized spacial score (nSPS) is 17.2. The average molecular weight is 385 g/mol. The SMILES string of the molecule is CN1CCN(CCC(C)(C)Nc2ccc(S(N)(=O)=O)cc2[N+](=O)[O-])CC1. The van der Waals surface area contributed by atoms with Crippen LogP contribution < -0.4 is 10.5 Å². The number of hydrogen-bond donors (Lipinski definition) is 2. The molecule has 0 saturated carbocycles. The minimum absolute atomic E-state index is 0.273. The summed E-state index contributed by atoms with van der Waals surface area (Å²) in [6.07, 6.45) is 0.796. The molecule has 1 aromatic rings. The molecule has 0 aromatic heterocycles. The van der Waals surface area contributed by atoms with E-state index in [0.717, 1.165) is 45.2 Å². The van der Waals surface area contributed by atoms with E-state index in [1.54, 1.807) is 0 Å². The maximum atomic E-state index is 11.4. The Kier molecular flexibility index (Phi) is 6.22. The second kappa shape index (κ2) is 7.87. The van der Waals surface area contributed by atoms with Gasteiger partial charge in [0.05, 0.1) is 9.82 Å². The Hall–Kier alpha value is -1.75. The fraction of sp³-hybridized carbons (Fsp3) is 0.625. The van der Waals surface area contributed by atoms with Crippen LogP contribution in [0.2, 0.25) is 0 Å². The van der Waals surface area contributed by atoms with Crippen molar-refractivity contribution in [1.82, 2.24) is 9.80 Å². The lowest BCUT2D eigenvalue weighted by Crippen LogP contribution is -2.46. The van der Waals surface area contributed by atoms with E-state index in [0.29, 0.717) is 0 Å². The van der Waals surface area contributed by atoms with Crippen molar-refractivity contribution < 1.29 is 13.3 Å². The molecule has 1 heterocycles. The quantitative estimate of drug-likeness (QED) is 0.532. The van der Waals surface area contributed by atoms with Crippen molar-refractivity contribution in [3.63, 3.8) is 0 Å². The van der Waals surface area contributed by atoms with Gasteiger partial charge in [0.2, 0.25) is 10.0 Å². The monoisotopic (exact) mass is 385 g/mol. The molecule has 0 radical (unpaired) electrons. The van der Waals surface area contributed by atoms with Crippen molar-refractivity contribution in [1.29, 1.82) is 0 Å². The summed E-state index contributed by atoms with van der Waals surface area (Å²) in [4.78, 5) is 15.1. The Morgan fingerprint density at radius 2 is 1.88 bits per heavy atom. The van der Waals surface area contributed by atoms with Crippen LogP contribution in [-0.4, -0.2) is 68.5 Å². The Morgan fingerprint density at radius 1 is 1.27 bits per heavy atom. The van der Waals surface area contributed by atoms with Crippen LogP contribution in [0.15, 0.2) is 23.1 Å². The predicted molar refractivity (Wildman–Crippen MR) is 101 cm³/mol. The number of benzene rings is 1. The van der Waals surface area contributed by atoms with Crippen LogP contribution in [0.25, 0.3) is 0 Å². The zero-order chi connectivity index (χ0) is 19.5. The van der Waals surface area contributed by atoms with Crippen LogP contribution in [0.5, 0.6) is 0 Å². The van der Waals surface area contributed by atoms with Crippen LogP contribution >= 0.6 is 0 Å². The summed E-state index contributed by atoms with van der Waals surface area (Å²) in [5.41, 5.74) is -0.410. The van der Waals surface area contributed by atoms with Crippen LogP contribution in [0.3, 0.4) is 0 Å². The molecular weight excluding hydrogens is 358 g/mol. The summed E-state index contributed by atoms with van der Waals surface area (Å²) < 4.78 is 22.9. The third kappa shape index (κ3) is 5.63. The molecule has 0 spiro atoms. The number of likely N-dealkylation sites (N-methyl/N-ethyl adjacent to an activating group) is 1. The van der Waals surface area contributed by atoms with Crippen molar-refractivity contribution in [3.05, 3.63) is 28.3 Å². The minimum atomic E-state index is -3.99. The first-order valence-corrected chi connectivity index (χ1v) is 10.0. The Bertz CT molecular complexity index is 758. The van der Waals surface area contributed by atoms with Gasteiger partial charge in [-0.15, -0.1) is 0 Å². The number of nitrogens with two attached hydrogens (primary N) is 1. The number of nitro groups is 1. The number of primary sulfonamides is 1. The maximum Gasteiger partial charge on any atom is 0.293 e. The van der Waals surface area contributed by atoms with Crippen molar-refractivity contribution in [3.8, 4) is 0 Å². The number of nitrogens with zero attached hydrogens (tertiary/aromatic N) is 3. The first-order chi connectivity index (χ1) is 12.0. The fourth-order valence-electron chi connectivity index (χ4n) is 2.88. The molecule has 0 amide bonds. The predicted octanol–water partition coefficient (Wildman–Crippen LogP) is 1.07. The van der Waals surface area contributed by atoms with Crippen molar-refractivity contribution in [2.75, 3.05) is 45.1 Å². The van der Waals surface area contributed by atoms with Crippen LogP contribution in [-0.2, 0) is 10.0 Å². The molecule has 0 atom stereocenters. The molecule has 0 bridgehead atoms. The molecule has 1 aliphatic rings. The zero-order valence-electron chi connectivity index (χ0n) is 15.4. The molecule has 1 fully saturated rings. The number of hydrogen-bond acceptors (Lipinski definition) is 7. The minimum Gasteiger partial charge on any atom is -0.375 e. The van der Waals surface area contributed by atoms with Gasteiger partial charge in [-0.2, -0.15) is 0 Å². The number of rotatable bonds is 7. The standard InChI is InChI=1S/C16H27N5O4S/c1-16(2,6-7-20-10-8-19(3)9-11-20)18-14-5-4-13(26(17,24)25)12-15(14)21(22)23/h4-5,12,18H,6-11H2,1-3H3,(H2,17,24,25). The molecule has 2 rings (SSSR count). The first kappa shape index (κ1) is 20.6. The van der Waals surface area contributed by atoms with E-state index in [9.17, 15) is 18.5 Å². The van der Waals surface area contributed by atoms with Gasteiger partial charge in [-0.25, -0.2) is 13.6 Å². The lowest BCUT2D eigenvalue weighted by molar-refractivity contribution is -0.384. The van der Waals surface area contributed by atoms with Crippen molar-refractivity contribution in [2.24, 2.45) is 5.14 Å². The number of nitro benzene ring substituents is 1. The third-order valence-electron chi connectivity index (χ3n) is 4.62. The lowest BCUT2D eigenvalue weighted by Gasteiger charge is -2.35. The van der Waals surface area contributed by atoms with Crippen LogP contribution in [0, 0.1) is 10.1 Å². The Labute approximate surface area is 154 Å². The highest BCUT2D eigenvalue weighted by molar-refractivity contribution is 7.89. The summed E-state index contributed by atoms with van der Waals surface area (Å²) in [6.45, 7) is 8.92. The van der Waals surface area contributed by atoms with Gasteiger partial charge in [-0.3, -0.25) is 10.1 Å².